The van der Waals surface area contributed by atoms with Gasteiger partial charge in [-0.15, -0.1) is 0 Å². The highest BCUT2D eigenvalue weighted by Gasteiger charge is 2.24. The van der Waals surface area contributed by atoms with Gasteiger partial charge in [-0.25, -0.2) is 9.48 Å². The summed E-state index contributed by atoms with van der Waals surface area (Å²) in [4.78, 5) is 47.1. The summed E-state index contributed by atoms with van der Waals surface area (Å²) in [5.41, 5.74) is 1.25. The first-order valence-electron chi connectivity index (χ1n) is 10.3. The van der Waals surface area contributed by atoms with Gasteiger partial charge in [0.25, 0.3) is 11.5 Å². The quantitative estimate of drug-likeness (QED) is 0.394. The molecule has 3 rings (SSSR count). The van der Waals surface area contributed by atoms with Crippen molar-refractivity contribution in [1.29, 1.82) is 0 Å². The number of nitrogens with zero attached hydrogens (tertiary/aromatic N) is 2. The van der Waals surface area contributed by atoms with Crippen molar-refractivity contribution < 1.29 is 29.7 Å². The Kier molecular flexibility index (Phi) is 7.10. The highest BCUT2D eigenvalue weighted by molar-refractivity contribution is 5.98. The zero-order valence-corrected chi connectivity index (χ0v) is 18.5. The van der Waals surface area contributed by atoms with Crippen LogP contribution in [0.4, 0.5) is 0 Å². The Hall–Kier alpha value is -4.47. The molecule has 0 aliphatic carbocycles. The van der Waals surface area contributed by atoms with Crippen LogP contribution in [0.5, 0.6) is 5.75 Å². The van der Waals surface area contributed by atoms with Crippen LogP contribution < -0.4 is 10.9 Å². The standard InChI is InChI=1S/C24H23N3O7/c1-13(2)20-21(30)19(22(31)25-11-18(28)29)23(32)27(26-20)12-14-3-5-15(6-4-14)16-7-9-17(10-8-16)24(33)34/h3-10,13,30H,11-12H2,1-2H3,(H,25,31)(H,28,29)(H,33,34). The van der Waals surface area contributed by atoms with Gasteiger partial charge in [-0.2, -0.15) is 5.10 Å². The first-order chi connectivity index (χ1) is 16.1. The fourth-order valence-electron chi connectivity index (χ4n) is 3.31. The third-order valence-corrected chi connectivity index (χ3v) is 5.08. The van der Waals surface area contributed by atoms with E-state index in [2.05, 4.69) is 10.4 Å². The number of carbonyl (C=O) groups is 3. The van der Waals surface area contributed by atoms with Crippen LogP contribution in [0, 0.1) is 0 Å². The van der Waals surface area contributed by atoms with Gasteiger partial charge in [-0.3, -0.25) is 14.4 Å². The summed E-state index contributed by atoms with van der Waals surface area (Å²) in [5, 5.41) is 34.6. The molecule has 1 aromatic heterocycles. The number of aliphatic carboxylic acids is 1. The molecule has 10 nitrogen and oxygen atoms in total. The van der Waals surface area contributed by atoms with Crippen molar-refractivity contribution >= 4 is 17.8 Å². The second kappa shape index (κ2) is 9.99. The smallest absolute Gasteiger partial charge is 0.335 e. The lowest BCUT2D eigenvalue weighted by atomic mass is 10.0. The van der Waals surface area contributed by atoms with E-state index in [1.54, 1.807) is 50.2 Å². The lowest BCUT2D eigenvalue weighted by Gasteiger charge is -2.15. The minimum atomic E-state index is -1.29. The van der Waals surface area contributed by atoms with E-state index in [1.807, 2.05) is 0 Å². The highest BCUT2D eigenvalue weighted by atomic mass is 16.4. The molecule has 0 unspecified atom stereocenters. The first kappa shape index (κ1) is 24.2. The van der Waals surface area contributed by atoms with Gasteiger partial charge in [0.2, 0.25) is 0 Å². The first-order valence-corrected chi connectivity index (χ1v) is 10.3. The summed E-state index contributed by atoms with van der Waals surface area (Å²) < 4.78 is 1.06. The van der Waals surface area contributed by atoms with E-state index < -0.39 is 41.3 Å². The molecule has 0 aliphatic heterocycles. The molecule has 0 saturated carbocycles. The minimum Gasteiger partial charge on any atom is -0.505 e. The molecule has 4 N–H and O–H groups in total. The summed E-state index contributed by atoms with van der Waals surface area (Å²) in [7, 11) is 0. The fourth-order valence-corrected chi connectivity index (χ4v) is 3.31. The molecule has 0 atom stereocenters. The summed E-state index contributed by atoms with van der Waals surface area (Å²) >= 11 is 0. The Bertz CT molecular complexity index is 1290. The van der Waals surface area contributed by atoms with E-state index in [-0.39, 0.29) is 23.7 Å². The lowest BCUT2D eigenvalue weighted by molar-refractivity contribution is -0.135. The normalized spacial score (nSPS) is 10.8. The number of aromatic hydroxyl groups is 1. The number of aromatic carboxylic acids is 1. The van der Waals surface area contributed by atoms with Crippen molar-refractivity contribution in [1.82, 2.24) is 15.1 Å². The van der Waals surface area contributed by atoms with Gasteiger partial charge in [0.15, 0.2) is 5.75 Å². The average molecular weight is 465 g/mol. The molecule has 1 heterocycles. The van der Waals surface area contributed by atoms with Crippen molar-refractivity contribution in [3.8, 4) is 16.9 Å². The molecule has 2 aromatic carbocycles. The van der Waals surface area contributed by atoms with Crippen molar-refractivity contribution in [2.24, 2.45) is 0 Å². The number of hydrogen-bond donors (Lipinski definition) is 4. The summed E-state index contributed by atoms with van der Waals surface area (Å²) in [5.74, 6) is -4.18. The Labute approximate surface area is 194 Å². The fraction of sp³-hybridized carbons (Fsp3) is 0.208. The summed E-state index contributed by atoms with van der Waals surface area (Å²) in [6.07, 6.45) is 0. The number of benzene rings is 2. The number of amides is 1. The Balaban J connectivity index is 1.92. The number of hydrogen-bond acceptors (Lipinski definition) is 6. The van der Waals surface area contributed by atoms with Gasteiger partial charge >= 0.3 is 11.9 Å². The zero-order chi connectivity index (χ0) is 25.0. The molecule has 0 saturated heterocycles. The predicted octanol–water partition coefficient (Wildman–Crippen LogP) is 2.30. The maximum Gasteiger partial charge on any atom is 0.335 e. The van der Waals surface area contributed by atoms with Gasteiger partial charge in [0.1, 0.15) is 17.8 Å². The molecule has 0 fully saturated rings. The van der Waals surface area contributed by atoms with Crippen molar-refractivity contribution in [2.45, 2.75) is 26.3 Å². The van der Waals surface area contributed by atoms with Crippen molar-refractivity contribution in [3.63, 3.8) is 0 Å². The van der Waals surface area contributed by atoms with E-state index in [9.17, 15) is 24.3 Å². The molecular formula is C24H23N3O7. The van der Waals surface area contributed by atoms with Crippen LogP contribution in [0.15, 0.2) is 53.3 Å². The van der Waals surface area contributed by atoms with Crippen LogP contribution in [0.1, 0.15) is 51.7 Å². The molecule has 10 heteroatoms. The van der Waals surface area contributed by atoms with Crippen molar-refractivity contribution in [3.05, 3.63) is 81.3 Å². The number of carboxylic acids is 2. The zero-order valence-electron chi connectivity index (χ0n) is 18.5. The Morgan fingerprint density at radius 3 is 2.03 bits per heavy atom. The van der Waals surface area contributed by atoms with Crippen LogP contribution >= 0.6 is 0 Å². The monoisotopic (exact) mass is 465 g/mol. The van der Waals surface area contributed by atoms with Gasteiger partial charge < -0.3 is 20.6 Å². The van der Waals surface area contributed by atoms with Crippen molar-refractivity contribution in [2.75, 3.05) is 6.54 Å². The Morgan fingerprint density at radius 2 is 1.53 bits per heavy atom. The highest BCUT2D eigenvalue weighted by Crippen LogP contribution is 2.25. The number of carbonyl (C=O) groups excluding carboxylic acids is 1. The third kappa shape index (κ3) is 5.29. The molecule has 0 radical (unpaired) electrons. The minimum absolute atomic E-state index is 0.0102. The van der Waals surface area contributed by atoms with Crippen LogP contribution in [0.2, 0.25) is 0 Å². The van der Waals surface area contributed by atoms with Crippen LogP contribution in [-0.4, -0.2) is 49.5 Å². The predicted molar refractivity (Wildman–Crippen MR) is 122 cm³/mol. The molecule has 0 spiro atoms. The second-order valence-electron chi connectivity index (χ2n) is 7.88. The summed E-state index contributed by atoms with van der Waals surface area (Å²) in [6, 6.07) is 13.6. The van der Waals surface area contributed by atoms with E-state index in [4.69, 9.17) is 10.2 Å². The lowest BCUT2D eigenvalue weighted by Crippen LogP contribution is -2.37. The molecule has 34 heavy (non-hydrogen) atoms. The van der Waals surface area contributed by atoms with Gasteiger partial charge in [0, 0.05) is 5.92 Å². The maximum atomic E-state index is 12.9. The van der Waals surface area contributed by atoms with E-state index >= 15 is 0 Å². The van der Waals surface area contributed by atoms with E-state index in [0.29, 0.717) is 5.56 Å². The number of nitrogens with one attached hydrogen (secondary N) is 1. The van der Waals surface area contributed by atoms with E-state index in [0.717, 1.165) is 15.8 Å². The van der Waals surface area contributed by atoms with E-state index in [1.165, 1.54) is 12.1 Å². The van der Waals surface area contributed by atoms with Gasteiger partial charge in [-0.05, 0) is 28.8 Å². The van der Waals surface area contributed by atoms with Crippen LogP contribution in [-0.2, 0) is 11.3 Å². The topological polar surface area (TPSA) is 159 Å². The SMILES string of the molecule is CC(C)c1nn(Cc2ccc(-c3ccc(C(=O)O)cc3)cc2)c(=O)c(C(=O)NCC(=O)O)c1O. The molecule has 3 aromatic rings. The number of aromatic nitrogens is 2. The molecule has 0 aliphatic rings. The van der Waals surface area contributed by atoms with Crippen LogP contribution in [0.25, 0.3) is 11.1 Å². The maximum absolute atomic E-state index is 12.9. The molecule has 0 bridgehead atoms. The summed E-state index contributed by atoms with van der Waals surface area (Å²) in [6.45, 7) is 2.78. The Morgan fingerprint density at radius 1 is 0.971 bits per heavy atom. The number of rotatable bonds is 8. The van der Waals surface area contributed by atoms with Gasteiger partial charge in [0.05, 0.1) is 12.1 Å². The second-order valence-corrected chi connectivity index (χ2v) is 7.88. The van der Waals surface area contributed by atoms with Crippen LogP contribution in [0.3, 0.4) is 0 Å². The third-order valence-electron chi connectivity index (χ3n) is 5.08. The molecule has 1 amide bonds. The largest absolute Gasteiger partial charge is 0.505 e. The molecular weight excluding hydrogens is 442 g/mol. The van der Waals surface area contributed by atoms with Gasteiger partial charge in [-0.1, -0.05) is 50.2 Å². The molecule has 176 valence electrons. The number of carboxylic acid groups (broad SMARTS) is 2. The average Bonchev–Trinajstić information content (AvgIpc) is 2.80.